The molecule has 6 heterocycles. The van der Waals surface area contributed by atoms with Crippen LogP contribution in [0.25, 0.3) is 0 Å². The maximum absolute atomic E-state index is 16.0. The topological polar surface area (TPSA) is 431 Å². The number of nitrogens with zero attached hydrogens (tertiary/aromatic N) is 8. The van der Waals surface area contributed by atoms with E-state index >= 15 is 8.78 Å². The van der Waals surface area contributed by atoms with Crippen LogP contribution in [-0.4, -0.2) is 183 Å². The largest absolute Gasteiger partial charge is 0.465 e. The third-order valence-electron chi connectivity index (χ3n) is 18.0. The number of halogens is 3. The summed E-state index contributed by atoms with van der Waals surface area (Å²) in [5, 5.41) is 20.4. The van der Waals surface area contributed by atoms with Gasteiger partial charge in [-0.2, -0.15) is 34.9 Å². The number of amides is 4. The number of hydrogen-bond donors (Lipinski definition) is 5. The van der Waals surface area contributed by atoms with E-state index in [0.29, 0.717) is 9.80 Å². The van der Waals surface area contributed by atoms with Crippen LogP contribution < -0.4 is 51.8 Å². The molecule has 3 saturated heterocycles. The summed E-state index contributed by atoms with van der Waals surface area (Å²) in [4.78, 5) is 128. The molecule has 34 nitrogen and oxygen atoms in total. The van der Waals surface area contributed by atoms with Gasteiger partial charge in [-0.25, -0.2) is 55.9 Å². The molecule has 0 saturated carbocycles. The van der Waals surface area contributed by atoms with Gasteiger partial charge in [-0.15, -0.1) is 35.3 Å². The first kappa shape index (κ1) is 101. The molecule has 0 radical (unpaired) electrons. The standard InChI is InChI=1S/C37H48FN4O10PS.C26H30FN4O7PS.C20H30FN3O6S/c1-9-48-32(43)27(22-25-16-12-10-13-17-25)40-53(47,52-26-18-14-11-15-19-26)49-23-28-24(2)30(38)31(54-28)41-21-20-29(39-33(41)44)42(34(45)50-36(3,4)5)35(46)51-37(6,7)8;1-2-36-25(33)19(15-17-9-5-3-6-10-17)30-39(35,38-18-11-7-4-8-12-18)37-16-20-23(32)22(27)24(40-20)31-14-13-21(28)29-26(31)34;1-11-12(10-25)31-15(14(11)21)23-9-8-13(22-16(23)26)24(17(27)29-19(2,3)4)18(28)30-20(5,6)7/h10-21,24,27-28,30-31H,9,22-23H2,1-8H3,(H,40,47);3-14,19-20,22-24,32H,2,15-16H2,1H3,(H,30,35)(H2,28,29,34);8-9,11-12,14-15,25H,10H2,1-7H3/t24-,27+,28-,30+,31-,53?;19-,20+,22-,23+,24+,39?;11-,12-,14+,15-/m101/s1. The number of aliphatic hydroxyl groups excluding tert-OH is 2. The fraction of sp³-hybridized carbons (Fsp3) is 0.494. The molecule has 3 aliphatic rings. The number of carbonyl (C=O) groups is 6. The quantitative estimate of drug-likeness (QED) is 0.0173. The van der Waals surface area contributed by atoms with E-state index in [1.807, 2.05) is 36.4 Å². The third-order valence-corrected chi connectivity index (χ3v) is 26.0. The van der Waals surface area contributed by atoms with E-state index in [1.54, 1.807) is 196 Å². The number of nitrogens with one attached hydrogen (secondary N) is 2. The number of alkyl halides is 3. The maximum atomic E-state index is 16.0. The van der Waals surface area contributed by atoms with Gasteiger partial charge in [0.05, 0.1) is 38.3 Å². The minimum absolute atomic E-state index is 0.0168. The van der Waals surface area contributed by atoms with Gasteiger partial charge < -0.3 is 53.4 Å². The van der Waals surface area contributed by atoms with E-state index in [4.69, 9.17) is 52.2 Å². The second-order valence-electron chi connectivity index (χ2n) is 32.6. The molecule has 16 atom stereocenters. The average molecular weight is 1840 g/mol. The third kappa shape index (κ3) is 29.5. The summed E-state index contributed by atoms with van der Waals surface area (Å²) in [5.74, 6) is -2.79. The van der Waals surface area contributed by atoms with E-state index < -0.39 is 173 Å². The number of aromatic nitrogens is 6. The van der Waals surface area contributed by atoms with Crippen molar-refractivity contribution in [2.45, 2.75) is 215 Å². The van der Waals surface area contributed by atoms with Crippen molar-refractivity contribution in [2.75, 3.05) is 48.6 Å². The molecule has 0 spiro atoms. The van der Waals surface area contributed by atoms with Gasteiger partial charge in [-0.05, 0) is 163 Å². The highest BCUT2D eigenvalue weighted by Crippen LogP contribution is 2.53. The van der Waals surface area contributed by atoms with Crippen molar-refractivity contribution in [1.82, 2.24) is 38.8 Å². The molecule has 125 heavy (non-hydrogen) atoms. The van der Waals surface area contributed by atoms with Crippen LogP contribution in [-0.2, 0) is 69.0 Å². The molecule has 0 aliphatic carbocycles. The van der Waals surface area contributed by atoms with Gasteiger partial charge in [0.2, 0.25) is 0 Å². The van der Waals surface area contributed by atoms with Crippen LogP contribution in [0.5, 0.6) is 11.5 Å². The summed E-state index contributed by atoms with van der Waals surface area (Å²) in [7, 11) is -8.65. The minimum Gasteiger partial charge on any atom is -0.465 e. The summed E-state index contributed by atoms with van der Waals surface area (Å²) in [5.41, 5.74) is 0.686. The fourth-order valence-electron chi connectivity index (χ4n) is 12.1. The Morgan fingerprint density at radius 1 is 0.480 bits per heavy atom. The van der Waals surface area contributed by atoms with Gasteiger partial charge in [0, 0.05) is 40.9 Å². The van der Waals surface area contributed by atoms with Crippen molar-refractivity contribution in [1.29, 1.82) is 0 Å². The predicted octanol–water partition coefficient (Wildman–Crippen LogP) is 14.1. The van der Waals surface area contributed by atoms with Gasteiger partial charge in [0.1, 0.15) is 86.4 Å². The molecule has 4 aromatic carbocycles. The van der Waals surface area contributed by atoms with Gasteiger partial charge >= 0.3 is 68.9 Å². The lowest BCUT2D eigenvalue weighted by Gasteiger charge is -2.28. The Hall–Kier alpha value is -9.60. The van der Waals surface area contributed by atoms with Gasteiger partial charge in [-0.3, -0.25) is 32.3 Å². The van der Waals surface area contributed by atoms with Crippen LogP contribution in [0.4, 0.5) is 49.8 Å². The fourth-order valence-corrected chi connectivity index (χ4v) is 19.9. The van der Waals surface area contributed by atoms with E-state index in [0.717, 1.165) is 60.1 Å². The van der Waals surface area contributed by atoms with Crippen LogP contribution in [0.1, 0.15) is 138 Å². The molecule has 7 aromatic rings. The number of nitrogens with two attached hydrogens (primary N) is 1. The zero-order valence-corrected chi connectivity index (χ0v) is 76.2. The van der Waals surface area contributed by atoms with E-state index in [9.17, 15) is 66.9 Å². The highest BCUT2D eigenvalue weighted by atomic mass is 32.2. The number of imide groups is 2. The number of nitrogen functional groups attached to an aromatic ring is 1. The zero-order chi connectivity index (χ0) is 92.3. The van der Waals surface area contributed by atoms with Crippen LogP contribution in [0.2, 0.25) is 0 Å². The maximum Gasteiger partial charge on any atom is 0.459 e. The number of ether oxygens (including phenoxy) is 6. The van der Waals surface area contributed by atoms with Crippen LogP contribution >= 0.6 is 50.8 Å². The average Bonchev–Trinajstić information content (AvgIpc) is 1.72. The molecule has 42 heteroatoms. The van der Waals surface area contributed by atoms with Crippen molar-refractivity contribution in [3.63, 3.8) is 0 Å². The lowest BCUT2D eigenvalue weighted by molar-refractivity contribution is -0.146. The van der Waals surface area contributed by atoms with Gasteiger partial charge in [0.15, 0.2) is 17.8 Å². The number of aliphatic hydroxyl groups is 2. The lowest BCUT2D eigenvalue weighted by Crippen LogP contribution is -2.45. The number of para-hydroxylation sites is 2. The van der Waals surface area contributed by atoms with Crippen molar-refractivity contribution >= 4 is 105 Å². The number of rotatable bonds is 28. The molecule has 3 aromatic heterocycles. The Bertz CT molecular complexity index is 5020. The van der Waals surface area contributed by atoms with E-state index in [-0.39, 0.29) is 73.5 Å². The highest BCUT2D eigenvalue weighted by molar-refractivity contribution is 8.00. The van der Waals surface area contributed by atoms with E-state index in [1.165, 1.54) is 36.8 Å². The molecule has 10 rings (SSSR count). The second kappa shape index (κ2) is 44.2. The second-order valence-corrected chi connectivity index (χ2v) is 40.1. The SMILES string of the molecule is CCOC(=O)[C@H](Cc1ccccc1)NP(=O)(OC[C@H]1S[C@@H](n2ccc(N(C(=O)OC(C)(C)C)C(=O)OC(C)(C)C)nc2=O)[C@@H](F)[C@@H]1C)Oc1ccccc1.CCOC(=O)[C@H](Cc1ccccc1)NP(=O)(OC[C@H]1S[C@@H](n2ccc(N)nc2=O)[C@@H](F)[C@@H]1O)Oc1ccccc1.C[C@H]1[C@H](F)[C@H](n2ccc(N(C(=O)OC(C)(C)C)C(=O)OC(C)(C)C)nc2=O)S[C@@H]1CO. The molecule has 3 aliphatic heterocycles. The van der Waals surface area contributed by atoms with Gasteiger partial charge in [0.25, 0.3) is 0 Å². The first-order valence-electron chi connectivity index (χ1n) is 39.8. The highest BCUT2D eigenvalue weighted by Gasteiger charge is 2.50. The summed E-state index contributed by atoms with van der Waals surface area (Å²) in [6.07, 6.45) is -6.71. The number of thioether (sulfide) groups is 3. The van der Waals surface area contributed by atoms with Crippen LogP contribution in [0.15, 0.2) is 173 Å². The van der Waals surface area contributed by atoms with Crippen LogP contribution in [0, 0.1) is 11.8 Å². The number of hydrogen-bond acceptors (Lipinski definition) is 30. The van der Waals surface area contributed by atoms with Crippen LogP contribution in [0.3, 0.4) is 0 Å². The smallest absolute Gasteiger partial charge is 0.459 e. The summed E-state index contributed by atoms with van der Waals surface area (Å²) in [6.45, 7) is 25.2. The lowest BCUT2D eigenvalue weighted by atomic mass is 10.0. The molecule has 2 unspecified atom stereocenters. The molecule has 4 amide bonds. The molecule has 3 fully saturated rings. The molecule has 0 bridgehead atoms. The minimum atomic E-state index is -4.34. The monoisotopic (exact) mass is 1840 g/mol. The number of esters is 2. The Morgan fingerprint density at radius 2 is 0.792 bits per heavy atom. The number of anilines is 3. The normalized spacial score (nSPS) is 22.0. The molecular weight excluding hydrogens is 1730 g/mol. The van der Waals surface area contributed by atoms with Gasteiger partial charge in [-0.1, -0.05) is 111 Å². The van der Waals surface area contributed by atoms with Crippen molar-refractivity contribution in [2.24, 2.45) is 11.8 Å². The Labute approximate surface area is 734 Å². The molecule has 6 N–H and O–H groups in total. The summed E-state index contributed by atoms with van der Waals surface area (Å²) < 4.78 is 132. The predicted molar refractivity (Wildman–Crippen MR) is 466 cm³/mol. The first-order valence-corrected chi connectivity index (χ1v) is 45.7. The molecule has 682 valence electrons. The summed E-state index contributed by atoms with van der Waals surface area (Å²) >= 11 is 3.11. The van der Waals surface area contributed by atoms with Crippen molar-refractivity contribution in [3.8, 4) is 11.5 Å². The Kier molecular flexibility index (Phi) is 35.7. The van der Waals surface area contributed by atoms with Crippen molar-refractivity contribution in [3.05, 3.63) is 201 Å². The summed E-state index contributed by atoms with van der Waals surface area (Å²) in [6, 6.07) is 36.1. The van der Waals surface area contributed by atoms with E-state index in [2.05, 4.69) is 25.1 Å². The Morgan fingerprint density at radius 3 is 1.12 bits per heavy atom. The molecular formula is C83H108F3N11O23P2S3. The number of benzene rings is 4. The number of carbonyl (C=O) groups excluding carboxylic acids is 6. The first-order chi connectivity index (χ1) is 58.6. The zero-order valence-electron chi connectivity index (χ0n) is 71.9. The Balaban J connectivity index is 0.000000242. The van der Waals surface area contributed by atoms with Crippen molar-refractivity contribution < 1.29 is 108 Å².